The summed E-state index contributed by atoms with van der Waals surface area (Å²) in [5, 5.41) is 0.388. The van der Waals surface area contributed by atoms with Crippen molar-refractivity contribution >= 4 is 21.7 Å². The fourth-order valence-electron chi connectivity index (χ4n) is 1.04. The Morgan fingerprint density at radius 3 is 2.60 bits per heavy atom. The molecule has 0 amide bonds. The fraction of sp³-hybridized carbons (Fsp3) is 0.182. The van der Waals surface area contributed by atoms with Crippen molar-refractivity contribution in [1.29, 1.82) is 0 Å². The van der Waals surface area contributed by atoms with Crippen molar-refractivity contribution in [1.82, 2.24) is 0 Å². The van der Waals surface area contributed by atoms with Gasteiger partial charge >= 0.3 is 0 Å². The van der Waals surface area contributed by atoms with E-state index in [1.807, 2.05) is 0 Å². The molecule has 0 fully saturated rings. The van der Waals surface area contributed by atoms with Crippen LogP contribution in [0.2, 0.25) is 0 Å². The summed E-state index contributed by atoms with van der Waals surface area (Å²) in [6.45, 7) is 1.22. The van der Waals surface area contributed by atoms with Crippen molar-refractivity contribution in [3.05, 3.63) is 34.9 Å². The van der Waals surface area contributed by atoms with Gasteiger partial charge in [-0.15, -0.1) is 0 Å². The summed E-state index contributed by atoms with van der Waals surface area (Å²) in [6, 6.07) is 1.80. The maximum atomic E-state index is 13.1. The minimum atomic E-state index is -0.857. The Kier molecular flexibility index (Phi) is 3.98. The minimum absolute atomic E-state index is 0.0288. The highest BCUT2D eigenvalue weighted by atomic mass is 79.9. The average Bonchev–Trinajstić information content (AvgIpc) is 2.16. The van der Waals surface area contributed by atoms with Crippen LogP contribution in [0.1, 0.15) is 22.8 Å². The molecule has 0 unspecified atom stereocenters. The molecule has 0 saturated heterocycles. The van der Waals surface area contributed by atoms with E-state index in [1.165, 1.54) is 6.92 Å². The first-order valence-electron chi connectivity index (χ1n) is 4.11. The van der Waals surface area contributed by atoms with E-state index >= 15 is 0 Å². The third-order valence-corrected chi connectivity index (χ3v) is 2.01. The zero-order chi connectivity index (χ0) is 11.4. The summed E-state index contributed by atoms with van der Waals surface area (Å²) >= 11 is 3.06. The number of halogens is 3. The molecule has 78 valence electrons. The maximum Gasteiger partial charge on any atom is 0.162 e. The highest BCUT2D eigenvalue weighted by Crippen LogP contribution is 2.14. The molecule has 0 aliphatic carbocycles. The molecule has 0 aromatic heterocycles. The molecule has 1 nitrogen and oxygen atoms in total. The molecule has 0 aliphatic heterocycles. The Hall–Kier alpha value is -1.21. The molecule has 0 N–H and O–H groups in total. The van der Waals surface area contributed by atoms with Gasteiger partial charge in [0.05, 0.1) is 16.5 Å². The molecule has 0 heterocycles. The monoisotopic (exact) mass is 272 g/mol. The van der Waals surface area contributed by atoms with Crippen molar-refractivity contribution < 1.29 is 13.6 Å². The van der Waals surface area contributed by atoms with Crippen molar-refractivity contribution in [2.45, 2.75) is 6.92 Å². The zero-order valence-electron chi connectivity index (χ0n) is 7.90. The summed E-state index contributed by atoms with van der Waals surface area (Å²) in [6.07, 6.45) is 0. The molecule has 4 heteroatoms. The number of hydrogen-bond acceptors (Lipinski definition) is 1. The summed E-state index contributed by atoms with van der Waals surface area (Å²) in [4.78, 5) is 11.0. The smallest absolute Gasteiger partial charge is 0.162 e. The Bertz CT molecular complexity index is 458. The van der Waals surface area contributed by atoms with Gasteiger partial charge in [-0.1, -0.05) is 27.8 Å². The van der Waals surface area contributed by atoms with Crippen molar-refractivity contribution in [3.63, 3.8) is 0 Å². The lowest BCUT2D eigenvalue weighted by atomic mass is 10.1. The number of Topliss-reactive ketones (excluding diaryl/α,β-unsaturated/α-hetero) is 1. The average molecular weight is 273 g/mol. The Morgan fingerprint density at radius 2 is 2.07 bits per heavy atom. The molecular weight excluding hydrogens is 266 g/mol. The summed E-state index contributed by atoms with van der Waals surface area (Å²) in [5.41, 5.74) is -0.115. The van der Waals surface area contributed by atoms with E-state index in [-0.39, 0.29) is 11.1 Å². The van der Waals surface area contributed by atoms with Crippen LogP contribution in [0.4, 0.5) is 8.78 Å². The van der Waals surface area contributed by atoms with Crippen LogP contribution in [0.25, 0.3) is 0 Å². The van der Waals surface area contributed by atoms with Crippen LogP contribution in [-0.2, 0) is 0 Å². The molecule has 1 rings (SSSR count). The number of carbonyl (C=O) groups is 1. The second-order valence-corrected chi connectivity index (χ2v) is 3.36. The number of benzene rings is 1. The first-order valence-corrected chi connectivity index (χ1v) is 5.23. The fourth-order valence-corrected chi connectivity index (χ4v) is 1.18. The number of ketones is 1. The van der Waals surface area contributed by atoms with Crippen molar-refractivity contribution in [3.8, 4) is 11.8 Å². The molecule has 0 spiro atoms. The lowest BCUT2D eigenvalue weighted by molar-refractivity contribution is 0.101. The first kappa shape index (κ1) is 11.9. The third kappa shape index (κ3) is 2.87. The second-order valence-electron chi connectivity index (χ2n) is 2.80. The van der Waals surface area contributed by atoms with E-state index in [0.29, 0.717) is 11.4 Å². The Morgan fingerprint density at radius 1 is 1.40 bits per heavy atom. The van der Waals surface area contributed by atoms with Crippen LogP contribution in [-0.4, -0.2) is 11.1 Å². The topological polar surface area (TPSA) is 17.1 Å². The standard InChI is InChI=1S/C11H7BrF2O/c1-7(15)9-5-8(3-2-4-12)10(13)6-11(9)14/h5-6H,4H2,1H3. The van der Waals surface area contributed by atoms with Gasteiger partial charge in [-0.3, -0.25) is 4.79 Å². The van der Waals surface area contributed by atoms with E-state index in [2.05, 4.69) is 27.8 Å². The third-order valence-electron chi connectivity index (χ3n) is 1.73. The molecule has 1 aromatic carbocycles. The second kappa shape index (κ2) is 5.04. The number of carbonyl (C=O) groups excluding carboxylic acids is 1. The summed E-state index contributed by atoms with van der Waals surface area (Å²) in [7, 11) is 0. The molecule has 0 bridgehead atoms. The van der Waals surface area contributed by atoms with Gasteiger partial charge in [0.15, 0.2) is 5.78 Å². The van der Waals surface area contributed by atoms with Crippen LogP contribution < -0.4 is 0 Å². The summed E-state index contributed by atoms with van der Waals surface area (Å²) < 4.78 is 26.2. The van der Waals surface area contributed by atoms with E-state index < -0.39 is 17.4 Å². The van der Waals surface area contributed by atoms with Gasteiger partial charge in [-0.25, -0.2) is 8.78 Å². The van der Waals surface area contributed by atoms with E-state index in [9.17, 15) is 13.6 Å². The van der Waals surface area contributed by atoms with Gasteiger partial charge in [0.25, 0.3) is 0 Å². The predicted molar refractivity (Wildman–Crippen MR) is 57.0 cm³/mol. The Labute approximate surface area is 94.6 Å². The molecular formula is C11H7BrF2O. The zero-order valence-corrected chi connectivity index (χ0v) is 9.49. The van der Waals surface area contributed by atoms with Gasteiger partial charge in [0.2, 0.25) is 0 Å². The lowest BCUT2D eigenvalue weighted by Gasteiger charge is -2.00. The van der Waals surface area contributed by atoms with Gasteiger partial charge in [0.1, 0.15) is 11.6 Å². The van der Waals surface area contributed by atoms with Gasteiger partial charge in [-0.05, 0) is 13.0 Å². The van der Waals surface area contributed by atoms with E-state index in [0.717, 1.165) is 6.07 Å². The van der Waals surface area contributed by atoms with Gasteiger partial charge in [-0.2, -0.15) is 0 Å². The van der Waals surface area contributed by atoms with Crippen LogP contribution in [0, 0.1) is 23.5 Å². The number of hydrogen-bond donors (Lipinski definition) is 0. The molecule has 0 atom stereocenters. The molecule has 0 saturated carbocycles. The quantitative estimate of drug-likeness (QED) is 0.437. The largest absolute Gasteiger partial charge is 0.294 e. The van der Waals surface area contributed by atoms with Gasteiger partial charge < -0.3 is 0 Å². The maximum absolute atomic E-state index is 13.1. The van der Waals surface area contributed by atoms with Gasteiger partial charge in [0, 0.05) is 6.07 Å². The highest BCUT2D eigenvalue weighted by Gasteiger charge is 2.11. The van der Waals surface area contributed by atoms with E-state index in [4.69, 9.17) is 0 Å². The Balaban J connectivity index is 3.29. The van der Waals surface area contributed by atoms with Crippen LogP contribution in [0.5, 0.6) is 0 Å². The molecule has 0 radical (unpaired) electrons. The van der Waals surface area contributed by atoms with Crippen LogP contribution >= 0.6 is 15.9 Å². The van der Waals surface area contributed by atoms with Crippen molar-refractivity contribution in [2.24, 2.45) is 0 Å². The highest BCUT2D eigenvalue weighted by molar-refractivity contribution is 9.09. The SMILES string of the molecule is CC(=O)c1cc(C#CCBr)c(F)cc1F. The van der Waals surface area contributed by atoms with E-state index in [1.54, 1.807) is 0 Å². The number of rotatable bonds is 1. The summed E-state index contributed by atoms with van der Waals surface area (Å²) in [5.74, 6) is 3.01. The molecule has 0 aliphatic rings. The normalized spacial score (nSPS) is 9.33. The molecule has 15 heavy (non-hydrogen) atoms. The lowest BCUT2D eigenvalue weighted by Crippen LogP contribution is -2.00. The van der Waals surface area contributed by atoms with Crippen LogP contribution in [0.15, 0.2) is 12.1 Å². The minimum Gasteiger partial charge on any atom is -0.294 e. The molecule has 1 aromatic rings. The number of alkyl halides is 1. The first-order chi connectivity index (χ1) is 7.06. The predicted octanol–water partition coefficient (Wildman–Crippen LogP) is 2.91. The van der Waals surface area contributed by atoms with Crippen LogP contribution in [0.3, 0.4) is 0 Å². The van der Waals surface area contributed by atoms with Crippen molar-refractivity contribution in [2.75, 3.05) is 5.33 Å².